The summed E-state index contributed by atoms with van der Waals surface area (Å²) in [4.78, 5) is 4.65. The standard InChI is InChI=1S/C15H14ClN3S/c16-14-10-6-2-1-3-7-11(10)18-19(14)15-17-12-8-4-5-9-13(12)20-15/h4-5,8-9H,1-3,6-7H2. The molecule has 0 radical (unpaired) electrons. The van der Waals surface area contributed by atoms with E-state index in [4.69, 9.17) is 16.7 Å². The average Bonchev–Trinajstić information content (AvgIpc) is 2.92. The fraction of sp³-hybridized carbons (Fsp3) is 0.333. The van der Waals surface area contributed by atoms with Gasteiger partial charge in [-0.25, -0.2) is 4.98 Å². The Kier molecular flexibility index (Phi) is 3.00. The summed E-state index contributed by atoms with van der Waals surface area (Å²) in [5.74, 6) is 0. The molecule has 0 N–H and O–H groups in total. The molecule has 0 amide bonds. The molecule has 0 saturated carbocycles. The average molecular weight is 304 g/mol. The zero-order valence-electron chi connectivity index (χ0n) is 11.0. The van der Waals surface area contributed by atoms with Crippen LogP contribution in [0.15, 0.2) is 24.3 Å². The molecule has 0 fully saturated rings. The number of aromatic nitrogens is 3. The van der Waals surface area contributed by atoms with Crippen LogP contribution in [0.2, 0.25) is 5.15 Å². The van der Waals surface area contributed by atoms with Gasteiger partial charge >= 0.3 is 0 Å². The summed E-state index contributed by atoms with van der Waals surface area (Å²) in [6.45, 7) is 0. The van der Waals surface area contributed by atoms with Crippen LogP contribution in [0.1, 0.15) is 30.5 Å². The van der Waals surface area contributed by atoms with E-state index >= 15 is 0 Å². The highest BCUT2D eigenvalue weighted by Gasteiger charge is 2.20. The summed E-state index contributed by atoms with van der Waals surface area (Å²) in [5.41, 5.74) is 3.39. The van der Waals surface area contributed by atoms with Crippen molar-refractivity contribution in [2.45, 2.75) is 32.1 Å². The van der Waals surface area contributed by atoms with E-state index < -0.39 is 0 Å². The molecule has 3 nitrogen and oxygen atoms in total. The second-order valence-electron chi connectivity index (χ2n) is 5.15. The molecule has 0 bridgehead atoms. The van der Waals surface area contributed by atoms with Crippen LogP contribution >= 0.6 is 22.9 Å². The van der Waals surface area contributed by atoms with Gasteiger partial charge in [0.15, 0.2) is 0 Å². The van der Waals surface area contributed by atoms with E-state index in [1.165, 1.54) is 29.5 Å². The van der Waals surface area contributed by atoms with E-state index in [-0.39, 0.29) is 0 Å². The number of fused-ring (bicyclic) bond motifs is 2. The quantitative estimate of drug-likeness (QED) is 0.624. The highest BCUT2D eigenvalue weighted by atomic mass is 35.5. The van der Waals surface area contributed by atoms with Crippen molar-refractivity contribution in [2.75, 3.05) is 0 Å². The lowest BCUT2D eigenvalue weighted by Gasteiger charge is -1.98. The van der Waals surface area contributed by atoms with Crippen molar-refractivity contribution in [3.8, 4) is 5.13 Å². The number of hydrogen-bond donors (Lipinski definition) is 0. The first kappa shape index (κ1) is 12.4. The number of benzene rings is 1. The van der Waals surface area contributed by atoms with Crippen molar-refractivity contribution in [3.05, 3.63) is 40.7 Å². The number of rotatable bonds is 1. The number of halogens is 1. The zero-order chi connectivity index (χ0) is 13.5. The van der Waals surface area contributed by atoms with Crippen LogP contribution < -0.4 is 0 Å². The number of hydrogen-bond acceptors (Lipinski definition) is 3. The van der Waals surface area contributed by atoms with Crippen LogP contribution in [-0.4, -0.2) is 14.8 Å². The number of thiazole rings is 1. The first-order valence-corrected chi connectivity index (χ1v) is 8.14. The zero-order valence-corrected chi connectivity index (χ0v) is 12.5. The monoisotopic (exact) mass is 303 g/mol. The molecule has 0 aliphatic heterocycles. The van der Waals surface area contributed by atoms with E-state index in [1.54, 1.807) is 11.3 Å². The first-order valence-electron chi connectivity index (χ1n) is 6.95. The Labute approximate surface area is 126 Å². The molecule has 0 saturated heterocycles. The minimum atomic E-state index is 0.751. The lowest BCUT2D eigenvalue weighted by Crippen LogP contribution is -1.97. The van der Waals surface area contributed by atoms with Crippen LogP contribution in [0.4, 0.5) is 0 Å². The van der Waals surface area contributed by atoms with Crippen molar-refractivity contribution in [2.24, 2.45) is 0 Å². The molecule has 1 aromatic carbocycles. The van der Waals surface area contributed by atoms with Crippen LogP contribution in [0.3, 0.4) is 0 Å². The minimum absolute atomic E-state index is 0.751. The van der Waals surface area contributed by atoms with Gasteiger partial charge in [-0.2, -0.15) is 9.78 Å². The third-order valence-electron chi connectivity index (χ3n) is 3.81. The maximum Gasteiger partial charge on any atom is 0.212 e. The second-order valence-corrected chi connectivity index (χ2v) is 6.52. The van der Waals surface area contributed by atoms with Crippen molar-refractivity contribution in [1.29, 1.82) is 0 Å². The van der Waals surface area contributed by atoms with E-state index in [0.29, 0.717) is 0 Å². The van der Waals surface area contributed by atoms with E-state index in [1.807, 2.05) is 22.9 Å². The fourth-order valence-corrected chi connectivity index (χ4v) is 4.06. The van der Waals surface area contributed by atoms with Crippen LogP contribution in [0, 0.1) is 0 Å². The van der Waals surface area contributed by atoms with Gasteiger partial charge in [0.2, 0.25) is 5.13 Å². The Balaban J connectivity index is 1.85. The molecule has 0 spiro atoms. The molecule has 5 heteroatoms. The van der Waals surface area contributed by atoms with Gasteiger partial charge in [0.1, 0.15) is 5.15 Å². The minimum Gasteiger partial charge on any atom is -0.218 e. The normalized spacial score (nSPS) is 15.2. The van der Waals surface area contributed by atoms with Gasteiger partial charge in [-0.1, -0.05) is 41.5 Å². The van der Waals surface area contributed by atoms with Gasteiger partial charge in [0.25, 0.3) is 0 Å². The lowest BCUT2D eigenvalue weighted by atomic mass is 10.1. The third kappa shape index (κ3) is 1.95. The summed E-state index contributed by atoms with van der Waals surface area (Å²) in [6, 6.07) is 8.15. The molecular formula is C15H14ClN3S. The number of aryl methyl sites for hydroxylation is 1. The largest absolute Gasteiger partial charge is 0.218 e. The highest BCUT2D eigenvalue weighted by molar-refractivity contribution is 7.20. The molecule has 1 aliphatic rings. The van der Waals surface area contributed by atoms with E-state index in [9.17, 15) is 0 Å². The van der Waals surface area contributed by atoms with Crippen molar-refractivity contribution >= 4 is 33.2 Å². The lowest BCUT2D eigenvalue weighted by molar-refractivity contribution is 0.694. The molecule has 1 aliphatic carbocycles. The molecule has 0 atom stereocenters. The SMILES string of the molecule is Clc1c2c(nn1-c1nc3ccccc3s1)CCCCC2. The second kappa shape index (κ2) is 4.86. The van der Waals surface area contributed by atoms with Crippen LogP contribution in [-0.2, 0) is 12.8 Å². The van der Waals surface area contributed by atoms with Gasteiger partial charge < -0.3 is 0 Å². The number of nitrogens with zero attached hydrogens (tertiary/aromatic N) is 3. The van der Waals surface area contributed by atoms with Gasteiger partial charge in [-0.3, -0.25) is 0 Å². The molecule has 0 unspecified atom stereocenters. The summed E-state index contributed by atoms with van der Waals surface area (Å²) in [6.07, 6.45) is 5.76. The Hall–Kier alpha value is -1.39. The number of para-hydroxylation sites is 1. The van der Waals surface area contributed by atoms with Crippen molar-refractivity contribution < 1.29 is 0 Å². The molecular weight excluding hydrogens is 290 g/mol. The van der Waals surface area contributed by atoms with Gasteiger partial charge in [0.05, 0.1) is 15.9 Å². The Morgan fingerprint density at radius 1 is 1.10 bits per heavy atom. The van der Waals surface area contributed by atoms with Gasteiger partial charge in [-0.15, -0.1) is 0 Å². The smallest absolute Gasteiger partial charge is 0.212 e. The van der Waals surface area contributed by atoms with E-state index in [0.717, 1.165) is 34.3 Å². The topological polar surface area (TPSA) is 30.7 Å². The molecule has 4 rings (SSSR count). The van der Waals surface area contributed by atoms with Gasteiger partial charge in [-0.05, 0) is 37.8 Å². The first-order chi connectivity index (χ1) is 9.83. The highest BCUT2D eigenvalue weighted by Crippen LogP contribution is 2.32. The van der Waals surface area contributed by atoms with Crippen LogP contribution in [0.5, 0.6) is 0 Å². The van der Waals surface area contributed by atoms with Crippen LogP contribution in [0.25, 0.3) is 15.3 Å². The maximum absolute atomic E-state index is 6.54. The summed E-state index contributed by atoms with van der Waals surface area (Å²) in [7, 11) is 0. The Morgan fingerprint density at radius 3 is 2.85 bits per heavy atom. The predicted octanol–water partition coefficient (Wildman–Crippen LogP) is 4.40. The summed E-state index contributed by atoms with van der Waals surface area (Å²) >= 11 is 8.18. The molecule has 102 valence electrons. The summed E-state index contributed by atoms with van der Waals surface area (Å²) < 4.78 is 2.99. The Bertz CT molecular complexity index is 742. The predicted molar refractivity (Wildman–Crippen MR) is 83.0 cm³/mol. The van der Waals surface area contributed by atoms with Gasteiger partial charge in [0, 0.05) is 5.56 Å². The third-order valence-corrected chi connectivity index (χ3v) is 5.21. The Morgan fingerprint density at radius 2 is 1.95 bits per heavy atom. The van der Waals surface area contributed by atoms with Crippen molar-refractivity contribution in [3.63, 3.8) is 0 Å². The molecule has 2 aromatic heterocycles. The molecule has 2 heterocycles. The summed E-state index contributed by atoms with van der Waals surface area (Å²) in [5, 5.41) is 6.32. The van der Waals surface area contributed by atoms with E-state index in [2.05, 4.69) is 11.1 Å². The fourth-order valence-electron chi connectivity index (χ4n) is 2.77. The maximum atomic E-state index is 6.54. The van der Waals surface area contributed by atoms with Crippen molar-refractivity contribution in [1.82, 2.24) is 14.8 Å². The molecule has 20 heavy (non-hydrogen) atoms. The molecule has 3 aromatic rings.